The summed E-state index contributed by atoms with van der Waals surface area (Å²) in [5.74, 6) is -0.119. The zero-order valence-electron chi connectivity index (χ0n) is 11.9. The molecule has 0 aliphatic carbocycles. The van der Waals surface area contributed by atoms with Crippen LogP contribution in [0.2, 0.25) is 5.02 Å². The fourth-order valence-electron chi connectivity index (χ4n) is 2.04. The van der Waals surface area contributed by atoms with E-state index in [1.807, 2.05) is 18.2 Å². The van der Waals surface area contributed by atoms with Crippen LogP contribution < -0.4 is 5.73 Å². The summed E-state index contributed by atoms with van der Waals surface area (Å²) in [5.41, 5.74) is 7.88. The normalized spacial score (nSPS) is 12.0. The molecule has 1 heterocycles. The van der Waals surface area contributed by atoms with Gasteiger partial charge in [0.15, 0.2) is 0 Å². The van der Waals surface area contributed by atoms with Crippen LogP contribution in [-0.4, -0.2) is 29.4 Å². The fourth-order valence-corrected chi connectivity index (χ4v) is 2.24. The number of hydrogen-bond acceptors (Lipinski definition) is 3. The molecule has 0 spiro atoms. The third kappa shape index (κ3) is 4.28. The van der Waals surface area contributed by atoms with E-state index in [2.05, 4.69) is 4.98 Å². The molecule has 1 unspecified atom stereocenters. The van der Waals surface area contributed by atoms with Gasteiger partial charge < -0.3 is 10.6 Å². The van der Waals surface area contributed by atoms with Gasteiger partial charge in [-0.3, -0.25) is 9.78 Å². The van der Waals surface area contributed by atoms with E-state index in [0.29, 0.717) is 11.6 Å². The molecule has 0 aliphatic heterocycles. The molecule has 0 saturated carbocycles. The molecule has 5 heteroatoms. The SMILES string of the molecule is CN(CCc1ccncc1)C(=O)C(N)c1cccc(Cl)c1. The molecule has 4 nitrogen and oxygen atoms in total. The Labute approximate surface area is 129 Å². The van der Waals surface area contributed by atoms with Gasteiger partial charge in [0.1, 0.15) is 6.04 Å². The van der Waals surface area contributed by atoms with Gasteiger partial charge in [-0.15, -0.1) is 0 Å². The average molecular weight is 304 g/mol. The quantitative estimate of drug-likeness (QED) is 0.923. The van der Waals surface area contributed by atoms with Gasteiger partial charge in [-0.1, -0.05) is 23.7 Å². The first-order valence-corrected chi connectivity index (χ1v) is 7.10. The van der Waals surface area contributed by atoms with Gasteiger partial charge in [0.2, 0.25) is 5.91 Å². The Balaban J connectivity index is 1.95. The number of benzene rings is 1. The van der Waals surface area contributed by atoms with E-state index in [1.165, 1.54) is 0 Å². The Morgan fingerprint density at radius 2 is 2.05 bits per heavy atom. The second kappa shape index (κ2) is 7.20. The molecule has 1 aromatic heterocycles. The fraction of sp³-hybridized carbons (Fsp3) is 0.250. The average Bonchev–Trinajstić information content (AvgIpc) is 2.52. The highest BCUT2D eigenvalue weighted by atomic mass is 35.5. The van der Waals surface area contributed by atoms with Crippen molar-refractivity contribution < 1.29 is 4.79 Å². The van der Waals surface area contributed by atoms with Crippen molar-refractivity contribution in [3.63, 3.8) is 0 Å². The van der Waals surface area contributed by atoms with Gasteiger partial charge in [0.25, 0.3) is 0 Å². The van der Waals surface area contributed by atoms with E-state index >= 15 is 0 Å². The van der Waals surface area contributed by atoms with Crippen molar-refractivity contribution in [3.8, 4) is 0 Å². The summed E-state index contributed by atoms with van der Waals surface area (Å²) in [4.78, 5) is 17.9. The summed E-state index contributed by atoms with van der Waals surface area (Å²) in [7, 11) is 1.76. The van der Waals surface area contributed by atoms with Crippen LogP contribution in [-0.2, 0) is 11.2 Å². The Kier molecular flexibility index (Phi) is 5.31. The molecule has 2 N–H and O–H groups in total. The summed E-state index contributed by atoms with van der Waals surface area (Å²) in [5, 5.41) is 0.579. The zero-order valence-corrected chi connectivity index (χ0v) is 12.6. The number of halogens is 1. The number of hydrogen-bond donors (Lipinski definition) is 1. The maximum absolute atomic E-state index is 12.3. The largest absolute Gasteiger partial charge is 0.344 e. The first kappa shape index (κ1) is 15.5. The number of nitrogens with two attached hydrogens (primary N) is 1. The first-order chi connectivity index (χ1) is 10.1. The van der Waals surface area contributed by atoms with Crippen molar-refractivity contribution in [1.82, 2.24) is 9.88 Å². The Bertz CT molecular complexity index is 603. The maximum atomic E-state index is 12.3. The monoisotopic (exact) mass is 303 g/mol. The summed E-state index contributed by atoms with van der Waals surface area (Å²) < 4.78 is 0. The maximum Gasteiger partial charge on any atom is 0.243 e. The first-order valence-electron chi connectivity index (χ1n) is 6.73. The van der Waals surface area contributed by atoms with Crippen molar-refractivity contribution in [1.29, 1.82) is 0 Å². The Morgan fingerprint density at radius 1 is 1.33 bits per heavy atom. The highest BCUT2D eigenvalue weighted by molar-refractivity contribution is 6.30. The van der Waals surface area contributed by atoms with Gasteiger partial charge in [0, 0.05) is 31.0 Å². The minimum atomic E-state index is -0.689. The van der Waals surface area contributed by atoms with Crippen molar-refractivity contribution >= 4 is 17.5 Å². The lowest BCUT2D eigenvalue weighted by atomic mass is 10.1. The minimum Gasteiger partial charge on any atom is -0.344 e. The van der Waals surface area contributed by atoms with E-state index in [0.717, 1.165) is 17.5 Å². The minimum absolute atomic E-state index is 0.119. The highest BCUT2D eigenvalue weighted by Gasteiger charge is 2.19. The van der Waals surface area contributed by atoms with Crippen LogP contribution in [0.1, 0.15) is 17.2 Å². The topological polar surface area (TPSA) is 59.2 Å². The van der Waals surface area contributed by atoms with Crippen molar-refractivity contribution in [2.75, 3.05) is 13.6 Å². The number of amides is 1. The summed E-state index contributed by atoms with van der Waals surface area (Å²) >= 11 is 5.93. The molecule has 21 heavy (non-hydrogen) atoms. The standard InChI is InChI=1S/C16H18ClN3O/c1-20(10-7-12-5-8-19-9-6-12)16(21)15(18)13-3-2-4-14(17)11-13/h2-6,8-9,11,15H,7,10,18H2,1H3. The smallest absolute Gasteiger partial charge is 0.243 e. The van der Waals surface area contributed by atoms with Crippen LogP contribution in [0.15, 0.2) is 48.8 Å². The third-order valence-electron chi connectivity index (χ3n) is 3.34. The molecule has 2 rings (SSSR count). The number of pyridine rings is 1. The molecule has 0 saturated heterocycles. The summed E-state index contributed by atoms with van der Waals surface area (Å²) in [6, 6.07) is 10.3. The van der Waals surface area contributed by atoms with E-state index in [-0.39, 0.29) is 5.91 Å². The van der Waals surface area contributed by atoms with Crippen LogP contribution in [0.3, 0.4) is 0 Å². The number of carbonyl (C=O) groups excluding carboxylic acids is 1. The lowest BCUT2D eigenvalue weighted by Gasteiger charge is -2.21. The van der Waals surface area contributed by atoms with Crippen LogP contribution in [0.5, 0.6) is 0 Å². The van der Waals surface area contributed by atoms with Gasteiger partial charge in [-0.2, -0.15) is 0 Å². The van der Waals surface area contributed by atoms with Gasteiger partial charge in [-0.05, 0) is 41.8 Å². The molecule has 1 amide bonds. The summed E-state index contributed by atoms with van der Waals surface area (Å²) in [6.07, 6.45) is 4.26. The zero-order chi connectivity index (χ0) is 15.2. The molecular weight excluding hydrogens is 286 g/mol. The third-order valence-corrected chi connectivity index (χ3v) is 3.57. The number of likely N-dealkylation sites (N-methyl/N-ethyl adjacent to an activating group) is 1. The van der Waals surface area contributed by atoms with Gasteiger partial charge in [0.05, 0.1) is 0 Å². The number of carbonyl (C=O) groups is 1. The van der Waals surface area contributed by atoms with Crippen molar-refractivity contribution in [2.45, 2.75) is 12.5 Å². The Morgan fingerprint density at radius 3 is 2.71 bits per heavy atom. The van der Waals surface area contributed by atoms with E-state index in [4.69, 9.17) is 17.3 Å². The molecular formula is C16H18ClN3O. The van der Waals surface area contributed by atoms with E-state index in [1.54, 1.807) is 42.5 Å². The van der Waals surface area contributed by atoms with Crippen LogP contribution in [0.25, 0.3) is 0 Å². The lowest BCUT2D eigenvalue weighted by Crippen LogP contribution is -2.37. The van der Waals surface area contributed by atoms with Gasteiger partial charge in [-0.25, -0.2) is 0 Å². The Hall–Kier alpha value is -1.91. The lowest BCUT2D eigenvalue weighted by molar-refractivity contribution is -0.131. The molecule has 0 radical (unpaired) electrons. The van der Waals surface area contributed by atoms with Crippen LogP contribution >= 0.6 is 11.6 Å². The molecule has 0 bridgehead atoms. The second-order valence-electron chi connectivity index (χ2n) is 4.90. The molecule has 0 fully saturated rings. The number of nitrogens with zero attached hydrogens (tertiary/aromatic N) is 2. The molecule has 2 aromatic rings. The highest BCUT2D eigenvalue weighted by Crippen LogP contribution is 2.17. The predicted molar refractivity (Wildman–Crippen MR) is 84.0 cm³/mol. The van der Waals surface area contributed by atoms with Crippen LogP contribution in [0.4, 0.5) is 0 Å². The van der Waals surface area contributed by atoms with E-state index in [9.17, 15) is 4.79 Å². The molecule has 1 aromatic carbocycles. The molecule has 1 atom stereocenters. The van der Waals surface area contributed by atoms with Gasteiger partial charge >= 0.3 is 0 Å². The van der Waals surface area contributed by atoms with E-state index < -0.39 is 6.04 Å². The molecule has 110 valence electrons. The van der Waals surface area contributed by atoms with Crippen molar-refractivity contribution in [3.05, 3.63) is 64.9 Å². The van der Waals surface area contributed by atoms with Crippen molar-refractivity contribution in [2.24, 2.45) is 5.73 Å². The predicted octanol–water partition coefficient (Wildman–Crippen LogP) is 2.44. The number of aromatic nitrogens is 1. The number of rotatable bonds is 5. The summed E-state index contributed by atoms with van der Waals surface area (Å²) in [6.45, 7) is 0.608. The van der Waals surface area contributed by atoms with Crippen LogP contribution in [0, 0.1) is 0 Å². The molecule has 0 aliphatic rings. The second-order valence-corrected chi connectivity index (χ2v) is 5.33.